The minimum absolute atomic E-state index is 0.0577. The van der Waals surface area contributed by atoms with E-state index >= 15 is 0 Å². The molecule has 0 radical (unpaired) electrons. The Balaban J connectivity index is 1.62. The zero-order valence-corrected chi connectivity index (χ0v) is 13.9. The van der Waals surface area contributed by atoms with Gasteiger partial charge >= 0.3 is 0 Å². The Bertz CT molecular complexity index is 713. The van der Waals surface area contributed by atoms with Crippen molar-refractivity contribution in [3.05, 3.63) is 34.2 Å². The van der Waals surface area contributed by atoms with Gasteiger partial charge in [-0.05, 0) is 51.4 Å². The summed E-state index contributed by atoms with van der Waals surface area (Å²) in [6.07, 6.45) is 6.85. The first kappa shape index (κ1) is 14.7. The van der Waals surface area contributed by atoms with E-state index in [4.69, 9.17) is 0 Å². The van der Waals surface area contributed by atoms with Crippen LogP contribution in [0, 0.1) is 18.8 Å². The van der Waals surface area contributed by atoms with E-state index in [0.29, 0.717) is 29.4 Å². The van der Waals surface area contributed by atoms with E-state index in [2.05, 4.69) is 18.0 Å². The van der Waals surface area contributed by atoms with Gasteiger partial charge in [0.1, 0.15) is 0 Å². The predicted molar refractivity (Wildman–Crippen MR) is 88.7 cm³/mol. The van der Waals surface area contributed by atoms with Crippen LogP contribution in [0.1, 0.15) is 64.7 Å². The molecule has 0 aromatic carbocycles. The maximum atomic E-state index is 13.1. The van der Waals surface area contributed by atoms with Crippen LogP contribution in [-0.2, 0) is 6.42 Å². The topological polar surface area (TPSA) is 53.2 Å². The molecule has 1 aromatic rings. The number of nitrogens with zero attached hydrogens (tertiary/aromatic N) is 1. The van der Waals surface area contributed by atoms with Crippen molar-refractivity contribution in [3.63, 3.8) is 0 Å². The van der Waals surface area contributed by atoms with Gasteiger partial charge in [0, 0.05) is 30.9 Å². The van der Waals surface area contributed by atoms with Gasteiger partial charge in [0.05, 0.1) is 11.1 Å². The van der Waals surface area contributed by atoms with Crippen LogP contribution in [0.15, 0.2) is 11.6 Å². The van der Waals surface area contributed by atoms with E-state index in [1.54, 1.807) is 0 Å². The second-order valence-corrected chi connectivity index (χ2v) is 7.48. The second kappa shape index (κ2) is 5.36. The standard InChI is InChI=1S/C19H24N2O2/c1-11-6-7-13-9-21(10-14(13)8-11)19(23)17-12(2)20-15-4-3-5-16(22)18(15)17/h6,13-14,20H,3-5,7-10H2,1-2H3/t13-,14+/m0/s1. The molecule has 1 aromatic heterocycles. The number of carbonyl (C=O) groups is 2. The van der Waals surface area contributed by atoms with E-state index < -0.39 is 0 Å². The van der Waals surface area contributed by atoms with Crippen LogP contribution in [-0.4, -0.2) is 34.7 Å². The number of ketones is 1. The van der Waals surface area contributed by atoms with Gasteiger partial charge in [-0.3, -0.25) is 9.59 Å². The van der Waals surface area contributed by atoms with Crippen LogP contribution in [0.5, 0.6) is 0 Å². The summed E-state index contributed by atoms with van der Waals surface area (Å²) < 4.78 is 0. The summed E-state index contributed by atoms with van der Waals surface area (Å²) in [6.45, 7) is 5.78. The van der Waals surface area contributed by atoms with Crippen molar-refractivity contribution >= 4 is 11.7 Å². The molecule has 3 aliphatic rings. The highest BCUT2D eigenvalue weighted by molar-refractivity contribution is 6.10. The molecule has 2 heterocycles. The summed E-state index contributed by atoms with van der Waals surface area (Å²) in [6, 6.07) is 0. The van der Waals surface area contributed by atoms with E-state index in [1.165, 1.54) is 5.57 Å². The predicted octanol–water partition coefficient (Wildman–Crippen LogP) is 3.27. The van der Waals surface area contributed by atoms with Crippen molar-refractivity contribution in [2.24, 2.45) is 11.8 Å². The van der Waals surface area contributed by atoms with Gasteiger partial charge < -0.3 is 9.88 Å². The Morgan fingerprint density at radius 2 is 2.00 bits per heavy atom. The van der Waals surface area contributed by atoms with Crippen molar-refractivity contribution in [1.82, 2.24) is 9.88 Å². The van der Waals surface area contributed by atoms with Crippen LogP contribution in [0.4, 0.5) is 0 Å². The number of aryl methyl sites for hydroxylation is 2. The number of aromatic amines is 1. The molecule has 4 nitrogen and oxygen atoms in total. The normalized spacial score (nSPS) is 26.8. The average Bonchev–Trinajstić information content (AvgIpc) is 3.07. The summed E-state index contributed by atoms with van der Waals surface area (Å²) in [5.74, 6) is 1.37. The van der Waals surface area contributed by atoms with E-state index in [0.717, 1.165) is 50.2 Å². The molecule has 4 rings (SSSR count). The van der Waals surface area contributed by atoms with Gasteiger partial charge in [0.15, 0.2) is 5.78 Å². The molecular weight excluding hydrogens is 288 g/mol. The smallest absolute Gasteiger partial charge is 0.256 e. The second-order valence-electron chi connectivity index (χ2n) is 7.48. The lowest BCUT2D eigenvalue weighted by atomic mass is 9.83. The Morgan fingerprint density at radius 1 is 1.22 bits per heavy atom. The number of hydrogen-bond donors (Lipinski definition) is 1. The molecule has 1 aliphatic heterocycles. The van der Waals surface area contributed by atoms with Crippen molar-refractivity contribution in [2.45, 2.75) is 46.0 Å². The SMILES string of the molecule is CC1=CC[C@H]2CN(C(=O)c3c(C)[nH]c4c3C(=O)CCC4)C[C@H]2C1. The Hall–Kier alpha value is -1.84. The first-order chi connectivity index (χ1) is 11.0. The molecule has 0 spiro atoms. The van der Waals surface area contributed by atoms with Gasteiger partial charge in [-0.15, -0.1) is 0 Å². The number of nitrogens with one attached hydrogen (secondary N) is 1. The fourth-order valence-electron chi connectivity index (χ4n) is 4.61. The zero-order valence-electron chi connectivity index (χ0n) is 13.9. The summed E-state index contributed by atoms with van der Waals surface area (Å²) in [5, 5.41) is 0. The quantitative estimate of drug-likeness (QED) is 0.809. The number of allylic oxidation sites excluding steroid dienone is 2. The molecule has 1 fully saturated rings. The highest BCUT2D eigenvalue weighted by Gasteiger charge is 2.39. The highest BCUT2D eigenvalue weighted by Crippen LogP contribution is 2.37. The van der Waals surface area contributed by atoms with Gasteiger partial charge in [0.2, 0.25) is 0 Å². The largest absolute Gasteiger partial charge is 0.361 e. The maximum Gasteiger partial charge on any atom is 0.256 e. The number of fused-ring (bicyclic) bond motifs is 2. The lowest BCUT2D eigenvalue weighted by Crippen LogP contribution is -2.30. The monoisotopic (exact) mass is 312 g/mol. The van der Waals surface area contributed by atoms with E-state index in [-0.39, 0.29) is 11.7 Å². The van der Waals surface area contributed by atoms with Gasteiger partial charge in [0.25, 0.3) is 5.91 Å². The molecule has 4 heteroatoms. The number of carbonyl (C=O) groups excluding carboxylic acids is 2. The zero-order chi connectivity index (χ0) is 16.1. The number of likely N-dealkylation sites (tertiary alicyclic amines) is 1. The average molecular weight is 312 g/mol. The molecule has 0 bridgehead atoms. The molecule has 1 saturated heterocycles. The van der Waals surface area contributed by atoms with Crippen molar-refractivity contribution < 1.29 is 9.59 Å². The minimum Gasteiger partial charge on any atom is -0.361 e. The molecule has 2 atom stereocenters. The molecule has 1 N–H and O–H groups in total. The number of rotatable bonds is 1. The van der Waals surface area contributed by atoms with Gasteiger partial charge in [-0.2, -0.15) is 0 Å². The molecule has 1 amide bonds. The van der Waals surface area contributed by atoms with E-state index in [9.17, 15) is 9.59 Å². The van der Waals surface area contributed by atoms with Crippen LogP contribution in [0.3, 0.4) is 0 Å². The molecule has 0 saturated carbocycles. The third-order valence-electron chi connectivity index (χ3n) is 5.81. The number of hydrogen-bond acceptors (Lipinski definition) is 2. The van der Waals surface area contributed by atoms with Crippen molar-refractivity contribution in [2.75, 3.05) is 13.1 Å². The number of Topliss-reactive ketones (excluding diaryl/α,β-unsaturated/α-hetero) is 1. The molecule has 2 aliphatic carbocycles. The number of amides is 1. The molecule has 23 heavy (non-hydrogen) atoms. The Kier molecular flexibility index (Phi) is 3.43. The van der Waals surface area contributed by atoms with Gasteiger partial charge in [-0.1, -0.05) is 11.6 Å². The Labute approximate surface area is 136 Å². The Morgan fingerprint density at radius 3 is 2.83 bits per heavy atom. The van der Waals surface area contributed by atoms with Crippen molar-refractivity contribution in [3.8, 4) is 0 Å². The molecular formula is C19H24N2O2. The summed E-state index contributed by atoms with van der Waals surface area (Å²) in [5.41, 5.74) is 4.61. The maximum absolute atomic E-state index is 13.1. The lowest BCUT2D eigenvalue weighted by molar-refractivity contribution is 0.0777. The minimum atomic E-state index is 0.0577. The summed E-state index contributed by atoms with van der Waals surface area (Å²) in [4.78, 5) is 30.7. The highest BCUT2D eigenvalue weighted by atomic mass is 16.2. The fraction of sp³-hybridized carbons (Fsp3) is 0.579. The summed E-state index contributed by atoms with van der Waals surface area (Å²) in [7, 11) is 0. The first-order valence-electron chi connectivity index (χ1n) is 8.74. The van der Waals surface area contributed by atoms with Crippen LogP contribution in [0.2, 0.25) is 0 Å². The number of aromatic nitrogens is 1. The number of H-pyrrole nitrogens is 1. The van der Waals surface area contributed by atoms with E-state index in [1.807, 2.05) is 11.8 Å². The molecule has 0 unspecified atom stereocenters. The lowest BCUT2D eigenvalue weighted by Gasteiger charge is -2.21. The summed E-state index contributed by atoms with van der Waals surface area (Å²) >= 11 is 0. The first-order valence-corrected chi connectivity index (χ1v) is 8.74. The van der Waals surface area contributed by atoms with Crippen LogP contribution >= 0.6 is 0 Å². The fourth-order valence-corrected chi connectivity index (χ4v) is 4.61. The van der Waals surface area contributed by atoms with Crippen LogP contribution < -0.4 is 0 Å². The third-order valence-corrected chi connectivity index (χ3v) is 5.81. The van der Waals surface area contributed by atoms with Gasteiger partial charge in [-0.25, -0.2) is 0 Å². The third kappa shape index (κ3) is 2.35. The van der Waals surface area contributed by atoms with Crippen molar-refractivity contribution in [1.29, 1.82) is 0 Å². The van der Waals surface area contributed by atoms with Crippen LogP contribution in [0.25, 0.3) is 0 Å². The molecule has 122 valence electrons.